The van der Waals surface area contributed by atoms with E-state index in [1.165, 1.54) is 0 Å². The molecule has 1 aromatic rings. The summed E-state index contributed by atoms with van der Waals surface area (Å²) in [6.45, 7) is 0.140. The molecule has 0 aliphatic carbocycles. The Balaban J connectivity index is 2.29. The fourth-order valence-electron chi connectivity index (χ4n) is 1.54. The van der Waals surface area contributed by atoms with E-state index in [1.807, 2.05) is 24.3 Å². The summed E-state index contributed by atoms with van der Waals surface area (Å²) in [5, 5.41) is 9.78. The second kappa shape index (κ2) is 3.01. The van der Waals surface area contributed by atoms with Crippen LogP contribution in [-0.2, 0) is 6.42 Å². The van der Waals surface area contributed by atoms with E-state index in [2.05, 4.69) is 0 Å². The molecule has 0 fully saturated rings. The molecule has 13 heavy (non-hydrogen) atoms. The van der Waals surface area contributed by atoms with E-state index >= 15 is 0 Å². The predicted molar refractivity (Wildman–Crippen MR) is 49.4 cm³/mol. The van der Waals surface area contributed by atoms with Gasteiger partial charge in [-0.3, -0.25) is 0 Å². The van der Waals surface area contributed by atoms with E-state index in [1.54, 1.807) is 0 Å². The normalized spacial score (nSPS) is 26.3. The van der Waals surface area contributed by atoms with E-state index in [4.69, 9.17) is 10.5 Å². The first-order chi connectivity index (χ1) is 6.23. The van der Waals surface area contributed by atoms with Crippen molar-refractivity contribution in [2.75, 3.05) is 6.54 Å². The van der Waals surface area contributed by atoms with Crippen molar-refractivity contribution in [1.82, 2.24) is 0 Å². The number of aliphatic hydroxyl groups is 1. The Hall–Kier alpha value is -1.06. The van der Waals surface area contributed by atoms with E-state index in [-0.39, 0.29) is 6.54 Å². The number of ether oxygens (including phenoxy) is 1. The Kier molecular flexibility index (Phi) is 1.98. The fraction of sp³-hybridized carbons (Fsp3) is 0.400. The second-order valence-corrected chi connectivity index (χ2v) is 3.36. The molecule has 0 spiro atoms. The van der Waals surface area contributed by atoms with E-state index in [9.17, 15) is 5.11 Å². The molecule has 0 bridgehead atoms. The van der Waals surface area contributed by atoms with E-state index in [0.29, 0.717) is 6.42 Å². The topological polar surface area (TPSA) is 55.5 Å². The molecule has 1 aromatic carbocycles. The maximum atomic E-state index is 9.78. The summed E-state index contributed by atoms with van der Waals surface area (Å²) in [6.07, 6.45) is 1.39. The maximum Gasteiger partial charge on any atom is 0.220 e. The van der Waals surface area contributed by atoms with Gasteiger partial charge in [0.05, 0.1) is 6.54 Å². The van der Waals surface area contributed by atoms with Gasteiger partial charge in [0.1, 0.15) is 5.75 Å². The first-order valence-electron chi connectivity index (χ1n) is 4.43. The minimum absolute atomic E-state index is 0.140. The average molecular weight is 179 g/mol. The summed E-state index contributed by atoms with van der Waals surface area (Å²) in [7, 11) is 0. The van der Waals surface area contributed by atoms with Gasteiger partial charge in [-0.25, -0.2) is 0 Å². The number of aryl methyl sites for hydroxylation is 1. The Bertz CT molecular complexity index is 314. The number of para-hydroxylation sites is 1. The van der Waals surface area contributed by atoms with Crippen molar-refractivity contribution in [3.05, 3.63) is 29.8 Å². The molecule has 0 amide bonds. The molecule has 1 unspecified atom stereocenters. The summed E-state index contributed by atoms with van der Waals surface area (Å²) in [4.78, 5) is 0. The summed E-state index contributed by atoms with van der Waals surface area (Å²) in [5.41, 5.74) is 6.56. The lowest BCUT2D eigenvalue weighted by atomic mass is 10.00. The quantitative estimate of drug-likeness (QED) is 0.665. The van der Waals surface area contributed by atoms with Crippen LogP contribution in [0.15, 0.2) is 24.3 Å². The number of benzene rings is 1. The van der Waals surface area contributed by atoms with Gasteiger partial charge in [-0.05, 0) is 18.1 Å². The predicted octanol–water partition coefficient (Wildman–Crippen LogP) is 0.659. The summed E-state index contributed by atoms with van der Waals surface area (Å²) in [5.74, 6) is -0.407. The third kappa shape index (κ3) is 1.53. The van der Waals surface area contributed by atoms with Crippen molar-refractivity contribution in [3.63, 3.8) is 0 Å². The summed E-state index contributed by atoms with van der Waals surface area (Å²) in [6, 6.07) is 7.72. The van der Waals surface area contributed by atoms with Crippen molar-refractivity contribution in [1.29, 1.82) is 0 Å². The minimum Gasteiger partial charge on any atom is -0.461 e. The third-order valence-electron chi connectivity index (χ3n) is 2.38. The van der Waals surface area contributed by atoms with Crippen LogP contribution in [0.25, 0.3) is 0 Å². The molecule has 3 nitrogen and oxygen atoms in total. The van der Waals surface area contributed by atoms with Gasteiger partial charge in [0.15, 0.2) is 0 Å². The van der Waals surface area contributed by atoms with E-state index < -0.39 is 5.79 Å². The van der Waals surface area contributed by atoms with Gasteiger partial charge < -0.3 is 15.6 Å². The highest BCUT2D eigenvalue weighted by molar-refractivity contribution is 5.35. The second-order valence-electron chi connectivity index (χ2n) is 3.36. The van der Waals surface area contributed by atoms with Crippen LogP contribution >= 0.6 is 0 Å². The molecule has 2 rings (SSSR count). The Morgan fingerprint density at radius 2 is 2.23 bits per heavy atom. The Morgan fingerprint density at radius 1 is 1.46 bits per heavy atom. The molecule has 3 N–H and O–H groups in total. The van der Waals surface area contributed by atoms with Crippen LogP contribution in [-0.4, -0.2) is 17.4 Å². The highest BCUT2D eigenvalue weighted by Crippen LogP contribution is 2.30. The van der Waals surface area contributed by atoms with Crippen molar-refractivity contribution in [2.24, 2.45) is 5.73 Å². The van der Waals surface area contributed by atoms with Crippen LogP contribution in [0.1, 0.15) is 12.0 Å². The molecule has 1 heterocycles. The molecular weight excluding hydrogens is 166 g/mol. The minimum atomic E-state index is -1.16. The first-order valence-corrected chi connectivity index (χ1v) is 4.43. The number of hydrogen-bond donors (Lipinski definition) is 2. The molecule has 1 aliphatic heterocycles. The lowest BCUT2D eigenvalue weighted by Crippen LogP contribution is -2.46. The van der Waals surface area contributed by atoms with Crippen LogP contribution in [0.3, 0.4) is 0 Å². The van der Waals surface area contributed by atoms with Gasteiger partial charge in [-0.2, -0.15) is 0 Å². The van der Waals surface area contributed by atoms with Gasteiger partial charge in [-0.15, -0.1) is 0 Å². The Morgan fingerprint density at radius 3 is 3.00 bits per heavy atom. The molecule has 1 atom stereocenters. The van der Waals surface area contributed by atoms with Crippen molar-refractivity contribution >= 4 is 0 Å². The maximum absolute atomic E-state index is 9.78. The SMILES string of the molecule is NCC1(O)CCc2ccccc2O1. The smallest absolute Gasteiger partial charge is 0.220 e. The van der Waals surface area contributed by atoms with Gasteiger partial charge in [0, 0.05) is 6.42 Å². The van der Waals surface area contributed by atoms with Crippen molar-refractivity contribution in [3.8, 4) is 5.75 Å². The zero-order valence-electron chi connectivity index (χ0n) is 7.36. The van der Waals surface area contributed by atoms with Gasteiger partial charge >= 0.3 is 0 Å². The zero-order valence-corrected chi connectivity index (χ0v) is 7.36. The number of hydrogen-bond acceptors (Lipinski definition) is 3. The van der Waals surface area contributed by atoms with Gasteiger partial charge in [0.25, 0.3) is 0 Å². The highest BCUT2D eigenvalue weighted by Gasteiger charge is 2.31. The van der Waals surface area contributed by atoms with Crippen LogP contribution in [0.4, 0.5) is 0 Å². The molecule has 0 aromatic heterocycles. The molecule has 3 heteroatoms. The van der Waals surface area contributed by atoms with Crippen molar-refractivity contribution < 1.29 is 9.84 Å². The molecule has 70 valence electrons. The van der Waals surface area contributed by atoms with E-state index in [0.717, 1.165) is 17.7 Å². The summed E-state index contributed by atoms with van der Waals surface area (Å²) < 4.78 is 5.40. The molecule has 0 radical (unpaired) electrons. The molecule has 1 aliphatic rings. The van der Waals surface area contributed by atoms with Crippen molar-refractivity contribution in [2.45, 2.75) is 18.6 Å². The number of rotatable bonds is 1. The van der Waals surface area contributed by atoms with Gasteiger partial charge in [-0.1, -0.05) is 18.2 Å². The van der Waals surface area contributed by atoms with Crippen LogP contribution in [0, 0.1) is 0 Å². The fourth-order valence-corrected chi connectivity index (χ4v) is 1.54. The average Bonchev–Trinajstić information content (AvgIpc) is 2.18. The number of fused-ring (bicyclic) bond motifs is 1. The lowest BCUT2D eigenvalue weighted by molar-refractivity contribution is -0.141. The lowest BCUT2D eigenvalue weighted by Gasteiger charge is -2.32. The monoisotopic (exact) mass is 179 g/mol. The first kappa shape index (κ1) is 8.53. The van der Waals surface area contributed by atoms with Crippen LogP contribution in [0.2, 0.25) is 0 Å². The highest BCUT2D eigenvalue weighted by atomic mass is 16.6. The third-order valence-corrected chi connectivity index (χ3v) is 2.38. The molecule has 0 saturated carbocycles. The Labute approximate surface area is 77.1 Å². The van der Waals surface area contributed by atoms with Crippen LogP contribution in [0.5, 0.6) is 5.75 Å². The number of nitrogens with two attached hydrogens (primary N) is 1. The molecule has 0 saturated heterocycles. The molecular formula is C10H13NO2. The largest absolute Gasteiger partial charge is 0.461 e. The summed E-state index contributed by atoms with van der Waals surface area (Å²) >= 11 is 0. The standard InChI is InChI=1S/C10H13NO2/c11-7-10(12)6-5-8-3-1-2-4-9(8)13-10/h1-4,12H,5-7,11H2. The zero-order chi connectivity index (χ0) is 9.31. The van der Waals surface area contributed by atoms with Gasteiger partial charge in [0.2, 0.25) is 5.79 Å². The van der Waals surface area contributed by atoms with Crippen LogP contribution < -0.4 is 10.5 Å².